The highest BCUT2D eigenvalue weighted by atomic mass is 32.2. The molecule has 1 atom stereocenters. The van der Waals surface area contributed by atoms with Crippen LogP contribution in [0.4, 0.5) is 0 Å². The highest BCUT2D eigenvalue weighted by Gasteiger charge is 2.14. The van der Waals surface area contributed by atoms with Crippen LogP contribution in [0.5, 0.6) is 11.5 Å². The quantitative estimate of drug-likeness (QED) is 0.837. The Balaban J connectivity index is 2.17. The van der Waals surface area contributed by atoms with Crippen molar-refractivity contribution in [1.82, 2.24) is 0 Å². The Morgan fingerprint density at radius 2 is 2.00 bits per heavy atom. The molecular formula is C13H16O4S. The molecule has 0 saturated heterocycles. The SMILES string of the molecule is CCC(=O)CS(=O)c1ccc2c(c1)OCCCO2. The minimum absolute atomic E-state index is 0.000412. The number of rotatable bonds is 4. The molecule has 0 bridgehead atoms. The van der Waals surface area contributed by atoms with Gasteiger partial charge in [0.2, 0.25) is 0 Å². The van der Waals surface area contributed by atoms with Crippen molar-refractivity contribution in [2.24, 2.45) is 0 Å². The maximum absolute atomic E-state index is 12.0. The summed E-state index contributed by atoms with van der Waals surface area (Å²) in [6.07, 6.45) is 1.25. The molecule has 5 heteroatoms. The molecule has 18 heavy (non-hydrogen) atoms. The van der Waals surface area contributed by atoms with E-state index >= 15 is 0 Å². The average Bonchev–Trinajstić information content (AvgIpc) is 2.62. The van der Waals surface area contributed by atoms with Gasteiger partial charge in [-0.2, -0.15) is 0 Å². The molecule has 1 unspecified atom stereocenters. The van der Waals surface area contributed by atoms with E-state index in [0.717, 1.165) is 6.42 Å². The third-order valence-corrected chi connectivity index (χ3v) is 4.03. The number of benzene rings is 1. The van der Waals surface area contributed by atoms with Crippen molar-refractivity contribution < 1.29 is 18.5 Å². The zero-order valence-electron chi connectivity index (χ0n) is 10.3. The molecule has 1 heterocycles. The zero-order chi connectivity index (χ0) is 13.0. The van der Waals surface area contributed by atoms with E-state index in [0.29, 0.717) is 36.0 Å². The van der Waals surface area contributed by atoms with E-state index in [1.807, 2.05) is 0 Å². The van der Waals surface area contributed by atoms with Crippen molar-refractivity contribution in [2.75, 3.05) is 19.0 Å². The molecule has 0 aliphatic carbocycles. The number of carbonyl (C=O) groups excluding carboxylic acids is 1. The Morgan fingerprint density at radius 1 is 1.28 bits per heavy atom. The van der Waals surface area contributed by atoms with E-state index in [1.165, 1.54) is 0 Å². The van der Waals surface area contributed by atoms with Gasteiger partial charge in [-0.25, -0.2) is 0 Å². The Kier molecular flexibility index (Phi) is 4.36. The van der Waals surface area contributed by atoms with E-state index in [9.17, 15) is 9.00 Å². The third kappa shape index (κ3) is 3.10. The number of carbonyl (C=O) groups is 1. The second-order valence-electron chi connectivity index (χ2n) is 4.04. The lowest BCUT2D eigenvalue weighted by molar-refractivity contribution is -0.116. The number of ketones is 1. The van der Waals surface area contributed by atoms with Crippen molar-refractivity contribution in [3.05, 3.63) is 18.2 Å². The van der Waals surface area contributed by atoms with Crippen molar-refractivity contribution in [3.63, 3.8) is 0 Å². The summed E-state index contributed by atoms with van der Waals surface area (Å²) in [5.41, 5.74) is 0. The summed E-state index contributed by atoms with van der Waals surface area (Å²) >= 11 is 0. The topological polar surface area (TPSA) is 52.6 Å². The van der Waals surface area contributed by atoms with E-state index in [2.05, 4.69) is 0 Å². The Bertz CT molecular complexity index is 470. The molecule has 4 nitrogen and oxygen atoms in total. The zero-order valence-corrected chi connectivity index (χ0v) is 11.1. The van der Waals surface area contributed by atoms with Crippen LogP contribution in [0.15, 0.2) is 23.1 Å². The van der Waals surface area contributed by atoms with Crippen LogP contribution in [0.3, 0.4) is 0 Å². The first kappa shape index (κ1) is 13.1. The summed E-state index contributed by atoms with van der Waals surface area (Å²) in [4.78, 5) is 11.9. The van der Waals surface area contributed by atoms with Crippen molar-refractivity contribution in [1.29, 1.82) is 0 Å². The number of ether oxygens (including phenoxy) is 2. The fourth-order valence-corrected chi connectivity index (χ4v) is 2.74. The van der Waals surface area contributed by atoms with Crippen LogP contribution in [-0.2, 0) is 15.6 Å². The molecule has 0 fully saturated rings. The van der Waals surface area contributed by atoms with Crippen molar-refractivity contribution in [3.8, 4) is 11.5 Å². The maximum atomic E-state index is 12.0. The number of hydrogen-bond acceptors (Lipinski definition) is 4. The lowest BCUT2D eigenvalue weighted by Crippen LogP contribution is -2.09. The molecule has 0 aromatic heterocycles. The van der Waals surface area contributed by atoms with Gasteiger partial charge in [0.1, 0.15) is 5.78 Å². The molecule has 0 saturated carbocycles. The summed E-state index contributed by atoms with van der Waals surface area (Å²) in [6.45, 7) is 2.99. The minimum Gasteiger partial charge on any atom is -0.490 e. The molecule has 98 valence electrons. The summed E-state index contributed by atoms with van der Waals surface area (Å²) in [7, 11) is -1.30. The molecular weight excluding hydrogens is 252 g/mol. The van der Waals surface area contributed by atoms with Gasteiger partial charge in [0.05, 0.1) is 29.8 Å². The molecule has 0 amide bonds. The largest absolute Gasteiger partial charge is 0.490 e. The van der Waals surface area contributed by atoms with Crippen LogP contribution in [0.1, 0.15) is 19.8 Å². The predicted octanol–water partition coefficient (Wildman–Crippen LogP) is 1.93. The van der Waals surface area contributed by atoms with Crippen LogP contribution < -0.4 is 9.47 Å². The summed E-state index contributed by atoms with van der Waals surface area (Å²) in [5.74, 6) is 1.36. The van der Waals surface area contributed by atoms with Crippen LogP contribution in [0, 0.1) is 0 Å². The van der Waals surface area contributed by atoms with Gasteiger partial charge in [0.25, 0.3) is 0 Å². The van der Waals surface area contributed by atoms with Gasteiger partial charge in [0.15, 0.2) is 11.5 Å². The van der Waals surface area contributed by atoms with E-state index in [-0.39, 0.29) is 11.5 Å². The molecule has 1 aromatic rings. The van der Waals surface area contributed by atoms with Crippen molar-refractivity contribution in [2.45, 2.75) is 24.7 Å². The van der Waals surface area contributed by atoms with Crippen LogP contribution in [0.25, 0.3) is 0 Å². The van der Waals surface area contributed by atoms with Crippen molar-refractivity contribution >= 4 is 16.6 Å². The van der Waals surface area contributed by atoms with E-state index in [1.54, 1.807) is 25.1 Å². The second-order valence-corrected chi connectivity index (χ2v) is 5.49. The lowest BCUT2D eigenvalue weighted by atomic mass is 10.3. The maximum Gasteiger partial charge on any atom is 0.162 e. The fraction of sp³-hybridized carbons (Fsp3) is 0.462. The third-order valence-electron chi connectivity index (χ3n) is 2.67. The second kappa shape index (κ2) is 6.00. The van der Waals surface area contributed by atoms with Gasteiger partial charge in [0, 0.05) is 23.8 Å². The molecule has 0 N–H and O–H groups in total. The average molecular weight is 268 g/mol. The Morgan fingerprint density at radius 3 is 2.72 bits per heavy atom. The Hall–Kier alpha value is -1.36. The number of fused-ring (bicyclic) bond motifs is 1. The highest BCUT2D eigenvalue weighted by Crippen LogP contribution is 2.31. The lowest BCUT2D eigenvalue weighted by Gasteiger charge is -2.08. The molecule has 0 spiro atoms. The van der Waals surface area contributed by atoms with Crippen LogP contribution in [0.2, 0.25) is 0 Å². The molecule has 0 radical (unpaired) electrons. The van der Waals surface area contributed by atoms with Gasteiger partial charge in [-0.15, -0.1) is 0 Å². The minimum atomic E-state index is -1.30. The smallest absolute Gasteiger partial charge is 0.162 e. The monoisotopic (exact) mass is 268 g/mol. The predicted molar refractivity (Wildman–Crippen MR) is 68.6 cm³/mol. The van der Waals surface area contributed by atoms with E-state index in [4.69, 9.17) is 9.47 Å². The summed E-state index contributed by atoms with van der Waals surface area (Å²) < 4.78 is 23.0. The number of hydrogen-bond donors (Lipinski definition) is 0. The van der Waals surface area contributed by atoms with Gasteiger partial charge in [-0.3, -0.25) is 9.00 Å². The first-order valence-electron chi connectivity index (χ1n) is 6.00. The first-order valence-corrected chi connectivity index (χ1v) is 7.32. The van der Waals surface area contributed by atoms with Crippen LogP contribution in [-0.4, -0.2) is 29.0 Å². The number of Topliss-reactive ketones (excluding diaryl/α,β-unsaturated/α-hetero) is 1. The fourth-order valence-electron chi connectivity index (χ4n) is 1.62. The summed E-state index contributed by atoms with van der Waals surface area (Å²) in [5, 5.41) is 0. The van der Waals surface area contributed by atoms with E-state index < -0.39 is 10.8 Å². The van der Waals surface area contributed by atoms with Gasteiger partial charge in [-0.05, 0) is 12.1 Å². The summed E-state index contributed by atoms with van der Waals surface area (Å²) in [6, 6.07) is 5.19. The van der Waals surface area contributed by atoms with Gasteiger partial charge < -0.3 is 9.47 Å². The highest BCUT2D eigenvalue weighted by molar-refractivity contribution is 7.85. The molecule has 1 aliphatic rings. The van der Waals surface area contributed by atoms with Crippen LogP contribution >= 0.6 is 0 Å². The van der Waals surface area contributed by atoms with Gasteiger partial charge >= 0.3 is 0 Å². The first-order chi connectivity index (χ1) is 8.70. The molecule has 1 aliphatic heterocycles. The van der Waals surface area contributed by atoms with Gasteiger partial charge in [-0.1, -0.05) is 6.92 Å². The standard InChI is InChI=1S/C13H16O4S/c1-2-10(14)9-18(15)11-4-5-12-13(8-11)17-7-3-6-16-12/h4-5,8H,2-3,6-7,9H2,1H3. The molecule has 1 aromatic carbocycles. The Labute approximate surface area is 109 Å². The molecule has 2 rings (SSSR count). The normalized spacial score (nSPS) is 15.8.